The van der Waals surface area contributed by atoms with Gasteiger partial charge < -0.3 is 14.6 Å². The molecule has 3 nitrogen and oxygen atoms in total. The van der Waals surface area contributed by atoms with Crippen molar-refractivity contribution in [2.45, 2.75) is 25.0 Å². The van der Waals surface area contributed by atoms with E-state index in [4.69, 9.17) is 9.47 Å². The molecule has 88 valence electrons. The van der Waals surface area contributed by atoms with E-state index < -0.39 is 0 Å². The van der Waals surface area contributed by atoms with Gasteiger partial charge in [-0.3, -0.25) is 0 Å². The van der Waals surface area contributed by atoms with Gasteiger partial charge in [-0.15, -0.1) is 0 Å². The Labute approximate surface area is 104 Å². The average molecular weight is 287 g/mol. The Morgan fingerprint density at radius 1 is 1.50 bits per heavy atom. The summed E-state index contributed by atoms with van der Waals surface area (Å²) in [5.74, 6) is 0.800. The van der Waals surface area contributed by atoms with Crippen molar-refractivity contribution in [1.82, 2.24) is 0 Å². The van der Waals surface area contributed by atoms with E-state index in [1.54, 1.807) is 7.11 Å². The van der Waals surface area contributed by atoms with Gasteiger partial charge in [0.25, 0.3) is 0 Å². The molecule has 2 rings (SSSR count). The lowest BCUT2D eigenvalue weighted by molar-refractivity contribution is -0.0455. The van der Waals surface area contributed by atoms with Crippen LogP contribution >= 0.6 is 15.9 Å². The maximum absolute atomic E-state index is 9.63. The van der Waals surface area contributed by atoms with Crippen LogP contribution in [-0.4, -0.2) is 24.9 Å². The fraction of sp³-hybridized carbons (Fsp3) is 0.500. The summed E-state index contributed by atoms with van der Waals surface area (Å²) in [6.45, 7) is 0.602. The van der Waals surface area contributed by atoms with Gasteiger partial charge in [-0.2, -0.15) is 0 Å². The van der Waals surface area contributed by atoms with Crippen LogP contribution in [0, 0.1) is 0 Å². The highest BCUT2D eigenvalue weighted by molar-refractivity contribution is 9.10. The molecule has 0 aromatic heterocycles. The molecule has 1 aromatic carbocycles. The Balaban J connectivity index is 2.24. The topological polar surface area (TPSA) is 38.7 Å². The minimum Gasteiger partial charge on any atom is -0.496 e. The molecule has 1 fully saturated rings. The van der Waals surface area contributed by atoms with Crippen molar-refractivity contribution < 1.29 is 14.6 Å². The Kier molecular flexibility index (Phi) is 3.84. The number of hydrogen-bond acceptors (Lipinski definition) is 3. The van der Waals surface area contributed by atoms with E-state index >= 15 is 0 Å². The van der Waals surface area contributed by atoms with Crippen molar-refractivity contribution in [3.63, 3.8) is 0 Å². The Morgan fingerprint density at radius 2 is 2.31 bits per heavy atom. The summed E-state index contributed by atoms with van der Waals surface area (Å²) in [6, 6.07) is 5.85. The highest BCUT2D eigenvalue weighted by Gasteiger charge is 2.24. The maximum Gasteiger partial charge on any atom is 0.125 e. The molecule has 0 bridgehead atoms. The molecule has 0 amide bonds. The van der Waals surface area contributed by atoms with E-state index in [1.165, 1.54) is 0 Å². The van der Waals surface area contributed by atoms with Gasteiger partial charge in [0.15, 0.2) is 0 Å². The number of rotatable bonds is 2. The molecule has 4 heteroatoms. The molecule has 0 saturated carbocycles. The first kappa shape index (κ1) is 11.9. The van der Waals surface area contributed by atoms with E-state index in [0.717, 1.165) is 22.2 Å². The van der Waals surface area contributed by atoms with Gasteiger partial charge in [0.1, 0.15) is 5.75 Å². The molecule has 1 heterocycles. The first-order chi connectivity index (χ1) is 7.70. The van der Waals surface area contributed by atoms with E-state index in [1.807, 2.05) is 18.2 Å². The summed E-state index contributed by atoms with van der Waals surface area (Å²) in [4.78, 5) is 0. The van der Waals surface area contributed by atoms with Crippen LogP contribution in [0.5, 0.6) is 5.75 Å². The highest BCUT2D eigenvalue weighted by Crippen LogP contribution is 2.35. The molecule has 0 aliphatic carbocycles. The average Bonchev–Trinajstić information content (AvgIpc) is 2.28. The molecule has 0 radical (unpaired) electrons. The summed E-state index contributed by atoms with van der Waals surface area (Å²) in [5.41, 5.74) is 1.00. The van der Waals surface area contributed by atoms with E-state index in [0.29, 0.717) is 13.0 Å². The second-order valence-corrected chi connectivity index (χ2v) is 4.84. The highest BCUT2D eigenvalue weighted by atomic mass is 79.9. The molecule has 16 heavy (non-hydrogen) atoms. The molecule has 1 aliphatic rings. The SMILES string of the molecule is COc1cc(Br)ccc1C1CC(O)CCO1. The summed E-state index contributed by atoms with van der Waals surface area (Å²) >= 11 is 3.40. The van der Waals surface area contributed by atoms with Crippen LogP contribution in [0.15, 0.2) is 22.7 Å². The van der Waals surface area contributed by atoms with Crippen molar-refractivity contribution in [3.05, 3.63) is 28.2 Å². The Hall–Kier alpha value is -0.580. The van der Waals surface area contributed by atoms with Gasteiger partial charge in [0.2, 0.25) is 0 Å². The zero-order chi connectivity index (χ0) is 11.5. The van der Waals surface area contributed by atoms with E-state index in [9.17, 15) is 5.11 Å². The smallest absolute Gasteiger partial charge is 0.125 e. The standard InChI is InChI=1S/C12H15BrO3/c1-15-11-6-8(13)2-3-10(11)12-7-9(14)4-5-16-12/h2-3,6,9,12,14H,4-5,7H2,1H3. The molecule has 1 N–H and O–H groups in total. The summed E-state index contributed by atoms with van der Waals surface area (Å²) in [6.07, 6.45) is 1.02. The molecule has 2 unspecified atom stereocenters. The van der Waals surface area contributed by atoms with Crippen LogP contribution in [0.25, 0.3) is 0 Å². The quantitative estimate of drug-likeness (QED) is 0.909. The van der Waals surface area contributed by atoms with E-state index in [2.05, 4.69) is 15.9 Å². The number of aliphatic hydroxyl groups excluding tert-OH is 1. The lowest BCUT2D eigenvalue weighted by atomic mass is 9.99. The Bertz CT molecular complexity index is 367. The largest absolute Gasteiger partial charge is 0.496 e. The van der Waals surface area contributed by atoms with Crippen LogP contribution < -0.4 is 4.74 Å². The zero-order valence-corrected chi connectivity index (χ0v) is 10.7. The fourth-order valence-corrected chi connectivity index (χ4v) is 2.29. The van der Waals surface area contributed by atoms with Crippen molar-refractivity contribution in [1.29, 1.82) is 0 Å². The van der Waals surface area contributed by atoms with Gasteiger partial charge in [0.05, 0.1) is 19.3 Å². The van der Waals surface area contributed by atoms with Crippen LogP contribution in [0.1, 0.15) is 24.5 Å². The second kappa shape index (κ2) is 5.17. The zero-order valence-electron chi connectivity index (χ0n) is 9.15. The number of halogens is 1. The molecule has 1 aromatic rings. The van der Waals surface area contributed by atoms with Gasteiger partial charge in [0, 0.05) is 23.1 Å². The third-order valence-electron chi connectivity index (χ3n) is 2.80. The summed E-state index contributed by atoms with van der Waals surface area (Å²) in [7, 11) is 1.64. The number of aliphatic hydroxyl groups is 1. The third kappa shape index (κ3) is 2.56. The predicted molar refractivity (Wildman–Crippen MR) is 64.6 cm³/mol. The van der Waals surface area contributed by atoms with Crippen molar-refractivity contribution >= 4 is 15.9 Å². The minimum absolute atomic E-state index is 0.0631. The van der Waals surface area contributed by atoms with Gasteiger partial charge in [-0.05, 0) is 18.6 Å². The van der Waals surface area contributed by atoms with Crippen LogP contribution in [0.2, 0.25) is 0 Å². The fourth-order valence-electron chi connectivity index (χ4n) is 1.95. The van der Waals surface area contributed by atoms with E-state index in [-0.39, 0.29) is 12.2 Å². The van der Waals surface area contributed by atoms with Gasteiger partial charge in [-0.1, -0.05) is 22.0 Å². The molecular formula is C12H15BrO3. The van der Waals surface area contributed by atoms with Crippen molar-refractivity contribution in [2.75, 3.05) is 13.7 Å². The maximum atomic E-state index is 9.63. The van der Waals surface area contributed by atoms with Crippen molar-refractivity contribution in [3.8, 4) is 5.75 Å². The first-order valence-corrected chi connectivity index (χ1v) is 6.13. The van der Waals surface area contributed by atoms with Gasteiger partial charge >= 0.3 is 0 Å². The normalized spacial score (nSPS) is 25.4. The van der Waals surface area contributed by atoms with Crippen LogP contribution in [0.4, 0.5) is 0 Å². The molecular weight excluding hydrogens is 272 g/mol. The number of hydrogen-bond donors (Lipinski definition) is 1. The second-order valence-electron chi connectivity index (χ2n) is 3.92. The summed E-state index contributed by atoms with van der Waals surface area (Å²) < 4.78 is 12.0. The minimum atomic E-state index is -0.271. The molecule has 2 atom stereocenters. The van der Waals surface area contributed by atoms with Crippen LogP contribution in [0.3, 0.4) is 0 Å². The summed E-state index contributed by atoms with van der Waals surface area (Å²) in [5, 5.41) is 9.63. The number of methoxy groups -OCH3 is 1. The lowest BCUT2D eigenvalue weighted by Gasteiger charge is -2.27. The van der Waals surface area contributed by atoms with Gasteiger partial charge in [-0.25, -0.2) is 0 Å². The monoisotopic (exact) mass is 286 g/mol. The predicted octanol–water partition coefficient (Wildman–Crippen LogP) is 2.67. The molecule has 1 saturated heterocycles. The first-order valence-electron chi connectivity index (χ1n) is 5.34. The molecule has 0 spiro atoms. The lowest BCUT2D eigenvalue weighted by Crippen LogP contribution is -2.23. The number of ether oxygens (including phenoxy) is 2. The van der Waals surface area contributed by atoms with Crippen molar-refractivity contribution in [2.24, 2.45) is 0 Å². The van der Waals surface area contributed by atoms with Crippen LogP contribution in [-0.2, 0) is 4.74 Å². The molecule has 1 aliphatic heterocycles. The Morgan fingerprint density at radius 3 is 3.00 bits per heavy atom. The number of benzene rings is 1. The third-order valence-corrected chi connectivity index (χ3v) is 3.29.